The molecular weight excluding hydrogens is 605 g/mol. The summed E-state index contributed by atoms with van der Waals surface area (Å²) in [4.78, 5) is 4.83. The topological polar surface area (TPSA) is 6.48 Å². The van der Waals surface area contributed by atoms with Crippen LogP contribution < -0.4 is 9.80 Å². The maximum Gasteiger partial charge on any atom is 0.0468 e. The zero-order chi connectivity index (χ0) is 33.9. The van der Waals surface area contributed by atoms with E-state index in [1.165, 1.54) is 131 Å². The molecule has 2 aliphatic rings. The third-order valence-electron chi connectivity index (χ3n) is 11.3. The van der Waals surface area contributed by atoms with Gasteiger partial charge >= 0.3 is 0 Å². The minimum atomic E-state index is 0.703. The van der Waals surface area contributed by atoms with Gasteiger partial charge in [0.15, 0.2) is 0 Å². The Kier molecular flexibility index (Phi) is 9.44. The number of hydrogen-bond acceptors (Lipinski definition) is 2. The fourth-order valence-corrected chi connectivity index (χ4v) is 8.59. The average Bonchev–Trinajstić information content (AvgIpc) is 3.16. The molecule has 0 bridgehead atoms. The van der Waals surface area contributed by atoms with Gasteiger partial charge < -0.3 is 9.80 Å². The molecule has 252 valence electrons. The van der Waals surface area contributed by atoms with Crippen molar-refractivity contribution in [2.45, 2.75) is 89.9 Å². The fourth-order valence-electron chi connectivity index (χ4n) is 8.59. The van der Waals surface area contributed by atoms with Crippen molar-refractivity contribution < 1.29 is 0 Å². The summed E-state index contributed by atoms with van der Waals surface area (Å²) in [5, 5.41) is 2.47. The number of fused-ring (bicyclic) bond motifs is 1. The first-order valence-corrected chi connectivity index (χ1v) is 19.1. The predicted octanol–water partition coefficient (Wildman–Crippen LogP) is 14.5. The van der Waals surface area contributed by atoms with Gasteiger partial charge in [-0.1, -0.05) is 99.2 Å². The highest BCUT2D eigenvalue weighted by molar-refractivity contribution is 5.93. The van der Waals surface area contributed by atoms with E-state index in [4.69, 9.17) is 0 Å². The molecule has 2 heteroatoms. The van der Waals surface area contributed by atoms with Crippen LogP contribution in [0.25, 0.3) is 10.8 Å². The fraction of sp³-hybridized carbons (Fsp3) is 0.292. The van der Waals surface area contributed by atoms with Crippen molar-refractivity contribution >= 4 is 44.9 Å². The third kappa shape index (κ3) is 6.94. The molecule has 0 amide bonds. The summed E-state index contributed by atoms with van der Waals surface area (Å²) < 4.78 is 0. The number of benzene rings is 6. The molecule has 2 nitrogen and oxygen atoms in total. The SMILES string of the molecule is Cc1cccc(N(c2ccc(C3CCCCC3)cc2)c2ccc3cc(N(c4ccc(C5CCCCC5)cc4)c4cccc(C)c4)ccc3c2)c1. The van der Waals surface area contributed by atoms with Crippen LogP contribution in [0.4, 0.5) is 34.1 Å². The Bertz CT molecular complexity index is 1900. The molecule has 2 aliphatic carbocycles. The monoisotopic (exact) mass is 654 g/mol. The van der Waals surface area contributed by atoms with Crippen molar-refractivity contribution in [3.8, 4) is 0 Å². The molecule has 0 aromatic heterocycles. The maximum absolute atomic E-state index is 2.41. The van der Waals surface area contributed by atoms with Crippen LogP contribution in [0.2, 0.25) is 0 Å². The van der Waals surface area contributed by atoms with E-state index in [-0.39, 0.29) is 0 Å². The summed E-state index contributed by atoms with van der Waals surface area (Å²) in [6, 6.07) is 50.5. The lowest BCUT2D eigenvalue weighted by atomic mass is 9.84. The van der Waals surface area contributed by atoms with Gasteiger partial charge in [0.1, 0.15) is 0 Å². The van der Waals surface area contributed by atoms with E-state index in [0.29, 0.717) is 11.8 Å². The van der Waals surface area contributed by atoms with Crippen LogP contribution in [0.15, 0.2) is 133 Å². The second kappa shape index (κ2) is 14.6. The smallest absolute Gasteiger partial charge is 0.0468 e. The van der Waals surface area contributed by atoms with Crippen molar-refractivity contribution in [1.82, 2.24) is 0 Å². The molecule has 2 saturated carbocycles. The summed E-state index contributed by atoms with van der Waals surface area (Å²) in [5.41, 5.74) is 12.6. The Labute approximate surface area is 299 Å². The van der Waals surface area contributed by atoms with Crippen molar-refractivity contribution in [3.05, 3.63) is 156 Å². The van der Waals surface area contributed by atoms with Crippen molar-refractivity contribution in [2.24, 2.45) is 0 Å². The molecule has 0 radical (unpaired) electrons. The van der Waals surface area contributed by atoms with Crippen LogP contribution >= 0.6 is 0 Å². The van der Waals surface area contributed by atoms with Crippen LogP contribution in [0.1, 0.15) is 98.3 Å². The zero-order valence-corrected chi connectivity index (χ0v) is 29.8. The summed E-state index contributed by atoms with van der Waals surface area (Å²) in [6.07, 6.45) is 13.5. The molecule has 50 heavy (non-hydrogen) atoms. The molecular formula is C48H50N2. The van der Waals surface area contributed by atoms with Gasteiger partial charge in [-0.3, -0.25) is 0 Å². The van der Waals surface area contributed by atoms with Crippen LogP contribution in [0.5, 0.6) is 0 Å². The molecule has 2 fully saturated rings. The second-order valence-corrected chi connectivity index (χ2v) is 14.9. The number of nitrogens with zero attached hydrogens (tertiary/aromatic N) is 2. The van der Waals surface area contributed by atoms with E-state index in [9.17, 15) is 0 Å². The van der Waals surface area contributed by atoms with Gasteiger partial charge in [0.2, 0.25) is 0 Å². The molecule has 8 rings (SSSR count). The van der Waals surface area contributed by atoms with E-state index in [0.717, 1.165) is 0 Å². The molecule has 0 spiro atoms. The lowest BCUT2D eigenvalue weighted by molar-refractivity contribution is 0.443. The largest absolute Gasteiger partial charge is 0.310 e. The summed E-state index contributed by atoms with van der Waals surface area (Å²) in [6.45, 7) is 4.36. The molecule has 6 aromatic rings. The summed E-state index contributed by atoms with van der Waals surface area (Å²) >= 11 is 0. The quantitative estimate of drug-likeness (QED) is 0.161. The van der Waals surface area contributed by atoms with Crippen molar-refractivity contribution in [2.75, 3.05) is 9.80 Å². The van der Waals surface area contributed by atoms with Crippen LogP contribution in [-0.4, -0.2) is 0 Å². The van der Waals surface area contributed by atoms with Gasteiger partial charge in [0, 0.05) is 34.1 Å². The molecule has 0 heterocycles. The average molecular weight is 655 g/mol. The van der Waals surface area contributed by atoms with E-state index in [1.54, 1.807) is 0 Å². The van der Waals surface area contributed by atoms with E-state index < -0.39 is 0 Å². The lowest BCUT2D eigenvalue weighted by Crippen LogP contribution is -2.11. The molecule has 0 N–H and O–H groups in total. The maximum atomic E-state index is 2.41. The normalized spacial score (nSPS) is 15.6. The number of anilines is 6. The molecule has 0 unspecified atom stereocenters. The zero-order valence-electron chi connectivity index (χ0n) is 29.8. The Hall–Kier alpha value is -4.82. The molecule has 0 aliphatic heterocycles. The highest BCUT2D eigenvalue weighted by Crippen LogP contribution is 2.42. The Morgan fingerprint density at radius 3 is 1.10 bits per heavy atom. The first kappa shape index (κ1) is 32.4. The molecule has 0 saturated heterocycles. The van der Waals surface area contributed by atoms with E-state index in [1.807, 2.05) is 0 Å². The van der Waals surface area contributed by atoms with Crippen LogP contribution in [-0.2, 0) is 0 Å². The van der Waals surface area contributed by atoms with Crippen molar-refractivity contribution in [3.63, 3.8) is 0 Å². The first-order valence-electron chi connectivity index (χ1n) is 19.1. The minimum absolute atomic E-state index is 0.703. The Balaban J connectivity index is 1.15. The highest BCUT2D eigenvalue weighted by Gasteiger charge is 2.20. The predicted molar refractivity (Wildman–Crippen MR) is 214 cm³/mol. The second-order valence-electron chi connectivity index (χ2n) is 14.9. The van der Waals surface area contributed by atoms with E-state index in [2.05, 4.69) is 157 Å². The number of rotatable bonds is 8. The standard InChI is InChI=1S/C48H50N2/c1-35-11-9-17-45(31-35)49(43-25-19-39(20-26-43)37-13-5-3-6-14-37)47-29-23-42-34-48(30-24-41(42)33-47)50(46-18-10-12-36(2)32-46)44-27-21-40(22-28-44)38-15-7-4-8-16-38/h9-12,17-34,37-38H,3-8,13-16H2,1-2H3. The summed E-state index contributed by atoms with van der Waals surface area (Å²) in [7, 11) is 0. The number of aryl methyl sites for hydroxylation is 2. The third-order valence-corrected chi connectivity index (χ3v) is 11.3. The molecule has 6 aromatic carbocycles. The van der Waals surface area contributed by atoms with Gasteiger partial charge in [-0.25, -0.2) is 0 Å². The van der Waals surface area contributed by atoms with Crippen LogP contribution in [0.3, 0.4) is 0 Å². The molecule has 0 atom stereocenters. The Morgan fingerprint density at radius 2 is 0.720 bits per heavy atom. The van der Waals surface area contributed by atoms with Gasteiger partial charge in [-0.05, 0) is 157 Å². The minimum Gasteiger partial charge on any atom is -0.310 e. The van der Waals surface area contributed by atoms with Gasteiger partial charge in [-0.15, -0.1) is 0 Å². The lowest BCUT2D eigenvalue weighted by Gasteiger charge is -2.28. The van der Waals surface area contributed by atoms with E-state index >= 15 is 0 Å². The van der Waals surface area contributed by atoms with Crippen LogP contribution in [0, 0.1) is 13.8 Å². The van der Waals surface area contributed by atoms with Gasteiger partial charge in [0.25, 0.3) is 0 Å². The summed E-state index contributed by atoms with van der Waals surface area (Å²) in [5.74, 6) is 1.41. The highest BCUT2D eigenvalue weighted by atomic mass is 15.1. The van der Waals surface area contributed by atoms with Crippen molar-refractivity contribution in [1.29, 1.82) is 0 Å². The van der Waals surface area contributed by atoms with Gasteiger partial charge in [-0.2, -0.15) is 0 Å². The Morgan fingerprint density at radius 1 is 0.360 bits per heavy atom. The first-order chi connectivity index (χ1) is 24.6. The number of hydrogen-bond donors (Lipinski definition) is 0. The van der Waals surface area contributed by atoms with Gasteiger partial charge in [0.05, 0.1) is 0 Å².